The molecule has 0 bridgehead atoms. The first-order valence-electron chi connectivity index (χ1n) is 8.73. The first kappa shape index (κ1) is 17.0. The molecule has 0 radical (unpaired) electrons. The Bertz CT molecular complexity index is 1060. The fourth-order valence-electron chi connectivity index (χ4n) is 3.70. The van der Waals surface area contributed by atoms with Gasteiger partial charge in [-0.05, 0) is 54.2 Å². The maximum absolute atomic E-state index is 12.8. The summed E-state index contributed by atoms with van der Waals surface area (Å²) in [5.74, 6) is -0.0812. The fourth-order valence-corrected chi connectivity index (χ4v) is 5.11. The minimum absolute atomic E-state index is 0.0812. The molecule has 0 fully saturated rings. The number of nitrogens with two attached hydrogens (primary N) is 1. The summed E-state index contributed by atoms with van der Waals surface area (Å²) in [6.07, 6.45) is 4.36. The predicted octanol–water partition coefficient (Wildman–Crippen LogP) is 3.31. The van der Waals surface area contributed by atoms with Gasteiger partial charge in [0.2, 0.25) is 10.0 Å². The monoisotopic (exact) mass is 367 g/mol. The molecule has 1 aliphatic carbocycles. The smallest absolute Gasteiger partial charge is 0.216 e. The molecule has 1 atom stereocenters. The van der Waals surface area contributed by atoms with E-state index in [4.69, 9.17) is 5.73 Å². The molecule has 26 heavy (non-hydrogen) atoms. The number of fused-ring (bicyclic) bond motifs is 2. The van der Waals surface area contributed by atoms with E-state index >= 15 is 0 Å². The zero-order valence-corrected chi connectivity index (χ0v) is 15.2. The van der Waals surface area contributed by atoms with E-state index < -0.39 is 10.0 Å². The molecule has 1 heterocycles. The van der Waals surface area contributed by atoms with Gasteiger partial charge >= 0.3 is 0 Å². The van der Waals surface area contributed by atoms with Gasteiger partial charge in [-0.3, -0.25) is 4.98 Å². The molecule has 0 saturated carbocycles. The lowest BCUT2D eigenvalue weighted by atomic mass is 9.88. The number of pyridine rings is 1. The van der Waals surface area contributed by atoms with E-state index in [1.165, 1.54) is 0 Å². The van der Waals surface area contributed by atoms with Gasteiger partial charge in [0.15, 0.2) is 0 Å². The quantitative estimate of drug-likeness (QED) is 0.693. The highest BCUT2D eigenvalue weighted by atomic mass is 32.2. The number of nitrogens with zero attached hydrogens (tertiary/aromatic N) is 1. The number of aryl methyl sites for hydroxylation is 1. The van der Waals surface area contributed by atoms with Gasteiger partial charge in [-0.2, -0.15) is 0 Å². The van der Waals surface area contributed by atoms with Crippen molar-refractivity contribution in [3.8, 4) is 0 Å². The van der Waals surface area contributed by atoms with E-state index in [0.717, 1.165) is 41.3 Å². The van der Waals surface area contributed by atoms with E-state index in [1.54, 1.807) is 6.20 Å². The summed E-state index contributed by atoms with van der Waals surface area (Å²) in [6.45, 7) is 0. The molecule has 0 saturated heterocycles. The predicted molar refractivity (Wildman–Crippen MR) is 104 cm³/mol. The van der Waals surface area contributed by atoms with Crippen molar-refractivity contribution in [2.24, 2.45) is 0 Å². The topological polar surface area (TPSA) is 85.1 Å². The first-order chi connectivity index (χ1) is 12.5. The fraction of sp³-hybridized carbons (Fsp3) is 0.250. The highest BCUT2D eigenvalue weighted by molar-refractivity contribution is 7.88. The van der Waals surface area contributed by atoms with Gasteiger partial charge in [0, 0.05) is 23.3 Å². The summed E-state index contributed by atoms with van der Waals surface area (Å²) in [5, 5.41) is 0.943. The van der Waals surface area contributed by atoms with Crippen molar-refractivity contribution in [3.05, 3.63) is 71.4 Å². The summed E-state index contributed by atoms with van der Waals surface area (Å²) in [7, 11) is -3.50. The molecule has 3 aromatic rings. The SMILES string of the molecule is Nc1ccc2c(c1)CCCC2NS(=O)(=O)Cc1cccc2cccnc12. The number of nitrogens with one attached hydrogen (secondary N) is 1. The molecule has 1 aromatic heterocycles. The Hall–Kier alpha value is -2.44. The van der Waals surface area contributed by atoms with Crippen LogP contribution < -0.4 is 10.5 Å². The lowest BCUT2D eigenvalue weighted by molar-refractivity contribution is 0.507. The van der Waals surface area contributed by atoms with Crippen molar-refractivity contribution < 1.29 is 8.42 Å². The zero-order chi connectivity index (χ0) is 18.1. The Kier molecular flexibility index (Phi) is 4.38. The highest BCUT2D eigenvalue weighted by Gasteiger charge is 2.25. The standard InChI is InChI=1S/C20H21N3O2S/c21-17-9-10-18-15(12-17)5-2-8-19(18)23-26(24,25)13-16-6-1-4-14-7-3-11-22-20(14)16/h1,3-4,6-7,9-12,19,23H,2,5,8,13,21H2. The van der Waals surface area contributed by atoms with Crippen molar-refractivity contribution in [1.29, 1.82) is 0 Å². The molecule has 2 aromatic carbocycles. The number of nitrogen functional groups attached to an aromatic ring is 1. The normalized spacial score (nSPS) is 17.2. The molecule has 1 aliphatic rings. The third-order valence-corrected chi connectivity index (χ3v) is 6.20. The van der Waals surface area contributed by atoms with Crippen LogP contribution in [0.15, 0.2) is 54.7 Å². The maximum Gasteiger partial charge on any atom is 0.216 e. The second-order valence-electron chi connectivity index (χ2n) is 6.77. The number of hydrogen-bond acceptors (Lipinski definition) is 4. The van der Waals surface area contributed by atoms with E-state index in [0.29, 0.717) is 11.3 Å². The second-order valence-corrected chi connectivity index (χ2v) is 8.53. The number of sulfonamides is 1. The van der Waals surface area contributed by atoms with Crippen molar-refractivity contribution in [3.63, 3.8) is 0 Å². The minimum atomic E-state index is -3.50. The Morgan fingerprint density at radius 2 is 2.00 bits per heavy atom. The van der Waals surface area contributed by atoms with Gasteiger partial charge in [0.1, 0.15) is 0 Å². The summed E-state index contributed by atoms with van der Waals surface area (Å²) >= 11 is 0. The van der Waals surface area contributed by atoms with Gasteiger partial charge in [0.05, 0.1) is 11.3 Å². The number of rotatable bonds is 4. The lowest BCUT2D eigenvalue weighted by Gasteiger charge is -2.26. The molecule has 0 aliphatic heterocycles. The molecular formula is C20H21N3O2S. The number of aromatic nitrogens is 1. The molecular weight excluding hydrogens is 346 g/mol. The zero-order valence-electron chi connectivity index (χ0n) is 14.4. The van der Waals surface area contributed by atoms with Crippen molar-refractivity contribution in [2.75, 3.05) is 5.73 Å². The van der Waals surface area contributed by atoms with Crippen LogP contribution in [-0.4, -0.2) is 13.4 Å². The summed E-state index contributed by atoms with van der Waals surface area (Å²) in [5.41, 5.74) is 10.2. The number of hydrogen-bond donors (Lipinski definition) is 2. The van der Waals surface area contributed by atoms with Crippen LogP contribution in [0.3, 0.4) is 0 Å². The largest absolute Gasteiger partial charge is 0.399 e. The van der Waals surface area contributed by atoms with Crippen LogP contribution in [0.25, 0.3) is 10.9 Å². The number of anilines is 1. The Morgan fingerprint density at radius 3 is 2.88 bits per heavy atom. The Balaban J connectivity index is 1.61. The molecule has 6 heteroatoms. The second kappa shape index (κ2) is 6.70. The first-order valence-corrected chi connectivity index (χ1v) is 10.4. The van der Waals surface area contributed by atoms with E-state index in [9.17, 15) is 8.42 Å². The van der Waals surface area contributed by atoms with Crippen molar-refractivity contribution in [1.82, 2.24) is 9.71 Å². The van der Waals surface area contributed by atoms with Gasteiger partial charge < -0.3 is 5.73 Å². The highest BCUT2D eigenvalue weighted by Crippen LogP contribution is 2.32. The molecule has 5 nitrogen and oxygen atoms in total. The Labute approximate surface area is 153 Å². The van der Waals surface area contributed by atoms with Crippen LogP contribution in [0, 0.1) is 0 Å². The van der Waals surface area contributed by atoms with E-state index in [1.807, 2.05) is 48.5 Å². The van der Waals surface area contributed by atoms with Crippen LogP contribution in [0.2, 0.25) is 0 Å². The summed E-state index contributed by atoms with van der Waals surface area (Å²) in [6, 6.07) is 14.9. The van der Waals surface area contributed by atoms with Crippen LogP contribution >= 0.6 is 0 Å². The van der Waals surface area contributed by atoms with Crippen molar-refractivity contribution >= 4 is 26.6 Å². The average Bonchev–Trinajstić information content (AvgIpc) is 2.61. The molecule has 0 amide bonds. The molecule has 3 N–H and O–H groups in total. The van der Waals surface area contributed by atoms with Gasteiger partial charge in [-0.25, -0.2) is 13.1 Å². The van der Waals surface area contributed by atoms with Gasteiger partial charge in [-0.1, -0.05) is 30.3 Å². The number of para-hydroxylation sites is 1. The minimum Gasteiger partial charge on any atom is -0.399 e. The molecule has 4 rings (SSSR count). The molecule has 134 valence electrons. The van der Waals surface area contributed by atoms with Crippen LogP contribution in [0.4, 0.5) is 5.69 Å². The number of benzene rings is 2. The summed E-state index contributed by atoms with van der Waals surface area (Å²) < 4.78 is 28.5. The molecule has 0 spiro atoms. The maximum atomic E-state index is 12.8. The van der Waals surface area contributed by atoms with E-state index in [2.05, 4.69) is 9.71 Å². The lowest BCUT2D eigenvalue weighted by Crippen LogP contribution is -2.32. The van der Waals surface area contributed by atoms with Gasteiger partial charge in [-0.15, -0.1) is 0 Å². The van der Waals surface area contributed by atoms with Crippen LogP contribution in [0.1, 0.15) is 35.6 Å². The van der Waals surface area contributed by atoms with E-state index in [-0.39, 0.29) is 11.8 Å². The van der Waals surface area contributed by atoms with Gasteiger partial charge in [0.25, 0.3) is 0 Å². The molecule has 1 unspecified atom stereocenters. The van der Waals surface area contributed by atoms with Crippen LogP contribution in [-0.2, 0) is 22.2 Å². The van der Waals surface area contributed by atoms with Crippen molar-refractivity contribution in [2.45, 2.75) is 31.1 Å². The Morgan fingerprint density at radius 1 is 1.15 bits per heavy atom. The third kappa shape index (κ3) is 3.43. The summed E-state index contributed by atoms with van der Waals surface area (Å²) in [4.78, 5) is 4.35. The average molecular weight is 367 g/mol. The van der Waals surface area contributed by atoms with Crippen LogP contribution in [0.5, 0.6) is 0 Å². The third-order valence-electron chi connectivity index (χ3n) is 4.86.